The maximum absolute atomic E-state index is 11.8. The van der Waals surface area contributed by atoms with Crippen LogP contribution in [0.3, 0.4) is 0 Å². The van der Waals surface area contributed by atoms with Gasteiger partial charge in [0, 0.05) is 44.8 Å². The van der Waals surface area contributed by atoms with Crippen molar-refractivity contribution in [2.24, 2.45) is 0 Å². The molecule has 1 atom stereocenters. The summed E-state index contributed by atoms with van der Waals surface area (Å²) in [5.74, 6) is 0. The summed E-state index contributed by atoms with van der Waals surface area (Å²) in [4.78, 5) is 22.3. The minimum atomic E-state index is 0.184. The zero-order chi connectivity index (χ0) is 11.8. The lowest BCUT2D eigenvalue weighted by molar-refractivity contribution is 0.116. The van der Waals surface area contributed by atoms with Crippen molar-refractivity contribution in [3.8, 4) is 0 Å². The van der Waals surface area contributed by atoms with Crippen LogP contribution in [-0.2, 0) is 6.54 Å². The Labute approximate surface area is 105 Å². The van der Waals surface area contributed by atoms with Gasteiger partial charge in [0.1, 0.15) is 5.01 Å². The molecule has 3 heterocycles. The van der Waals surface area contributed by atoms with Gasteiger partial charge in [-0.05, 0) is 0 Å². The van der Waals surface area contributed by atoms with Crippen LogP contribution in [0.2, 0.25) is 0 Å². The summed E-state index contributed by atoms with van der Waals surface area (Å²) in [5, 5.41) is 3.18. The summed E-state index contributed by atoms with van der Waals surface area (Å²) >= 11 is 1.70. The molecule has 0 N–H and O–H groups in total. The van der Waals surface area contributed by atoms with Crippen LogP contribution in [-0.4, -0.2) is 65.0 Å². The molecular formula is C11H16N4OS. The molecule has 6 heteroatoms. The number of piperazine rings is 1. The van der Waals surface area contributed by atoms with Gasteiger partial charge in [0.05, 0.1) is 12.6 Å². The fourth-order valence-electron chi connectivity index (χ4n) is 2.61. The Morgan fingerprint density at radius 2 is 2.35 bits per heavy atom. The van der Waals surface area contributed by atoms with Crippen molar-refractivity contribution in [3.05, 3.63) is 16.6 Å². The molecule has 2 saturated heterocycles. The number of thiazole rings is 1. The maximum atomic E-state index is 11.8. The van der Waals surface area contributed by atoms with E-state index in [4.69, 9.17) is 0 Å². The minimum Gasteiger partial charge on any atom is -0.326 e. The molecule has 0 radical (unpaired) electrons. The van der Waals surface area contributed by atoms with E-state index in [9.17, 15) is 4.79 Å². The predicted molar refractivity (Wildman–Crippen MR) is 65.9 cm³/mol. The number of hydrogen-bond donors (Lipinski definition) is 0. The van der Waals surface area contributed by atoms with Crippen molar-refractivity contribution in [3.63, 3.8) is 0 Å². The first-order valence-electron chi connectivity index (χ1n) is 5.86. The van der Waals surface area contributed by atoms with Gasteiger partial charge in [-0.25, -0.2) is 9.78 Å². The lowest BCUT2D eigenvalue weighted by atomic mass is 10.2. The van der Waals surface area contributed by atoms with Crippen molar-refractivity contribution < 1.29 is 4.79 Å². The summed E-state index contributed by atoms with van der Waals surface area (Å²) in [6.45, 7) is 4.54. The molecule has 2 amide bonds. The molecule has 3 rings (SSSR count). The van der Waals surface area contributed by atoms with E-state index >= 15 is 0 Å². The highest BCUT2D eigenvalue weighted by Gasteiger charge is 2.38. The van der Waals surface area contributed by atoms with Crippen molar-refractivity contribution in [1.82, 2.24) is 19.7 Å². The van der Waals surface area contributed by atoms with Gasteiger partial charge in [-0.1, -0.05) is 0 Å². The van der Waals surface area contributed by atoms with E-state index in [0.717, 1.165) is 37.7 Å². The van der Waals surface area contributed by atoms with Crippen LogP contribution in [0.4, 0.5) is 4.79 Å². The average Bonchev–Trinajstić information content (AvgIpc) is 2.89. The largest absolute Gasteiger partial charge is 0.326 e. The quantitative estimate of drug-likeness (QED) is 0.777. The van der Waals surface area contributed by atoms with Gasteiger partial charge in [-0.15, -0.1) is 11.3 Å². The van der Waals surface area contributed by atoms with E-state index in [-0.39, 0.29) is 6.03 Å². The van der Waals surface area contributed by atoms with Crippen molar-refractivity contribution >= 4 is 17.4 Å². The molecule has 0 aliphatic carbocycles. The van der Waals surface area contributed by atoms with Crippen molar-refractivity contribution in [2.45, 2.75) is 12.6 Å². The smallest absolute Gasteiger partial charge is 0.320 e. The number of fused-ring (bicyclic) bond motifs is 1. The van der Waals surface area contributed by atoms with Gasteiger partial charge in [0.25, 0.3) is 0 Å². The lowest BCUT2D eigenvalue weighted by Crippen LogP contribution is -2.51. The Bertz CT molecular complexity index is 408. The van der Waals surface area contributed by atoms with Gasteiger partial charge < -0.3 is 9.80 Å². The van der Waals surface area contributed by atoms with Crippen molar-refractivity contribution in [1.29, 1.82) is 0 Å². The molecule has 0 aromatic carbocycles. The topological polar surface area (TPSA) is 39.7 Å². The highest BCUT2D eigenvalue weighted by molar-refractivity contribution is 7.09. The van der Waals surface area contributed by atoms with E-state index in [1.165, 1.54) is 0 Å². The second kappa shape index (κ2) is 4.27. The summed E-state index contributed by atoms with van der Waals surface area (Å²) in [5.41, 5.74) is 0. The second-order valence-corrected chi connectivity index (χ2v) is 5.65. The Morgan fingerprint density at radius 3 is 3.12 bits per heavy atom. The Balaban J connectivity index is 1.63. The zero-order valence-electron chi connectivity index (χ0n) is 9.87. The third-order valence-electron chi connectivity index (χ3n) is 3.47. The summed E-state index contributed by atoms with van der Waals surface area (Å²) < 4.78 is 0. The molecule has 2 fully saturated rings. The molecule has 2 aliphatic rings. The van der Waals surface area contributed by atoms with Crippen LogP contribution in [0.15, 0.2) is 11.6 Å². The highest BCUT2D eigenvalue weighted by atomic mass is 32.1. The Hall–Kier alpha value is -1.14. The van der Waals surface area contributed by atoms with Crippen molar-refractivity contribution in [2.75, 3.05) is 33.2 Å². The van der Waals surface area contributed by atoms with E-state index in [1.807, 2.05) is 28.4 Å². The molecule has 0 bridgehead atoms. The number of likely N-dealkylation sites (N-methyl/N-ethyl adjacent to an activating group) is 1. The number of amides is 2. The zero-order valence-corrected chi connectivity index (χ0v) is 10.7. The average molecular weight is 252 g/mol. The number of carbonyl (C=O) groups is 1. The molecule has 1 aromatic heterocycles. The SMILES string of the molecule is CN1C[C@H]2CN(Cc3nccs3)CCN2C1=O. The molecule has 0 spiro atoms. The van der Waals surface area contributed by atoms with Gasteiger partial charge in [0.15, 0.2) is 0 Å². The number of hydrogen-bond acceptors (Lipinski definition) is 4. The van der Waals surface area contributed by atoms with Crippen LogP contribution in [0.25, 0.3) is 0 Å². The van der Waals surface area contributed by atoms with Crippen LogP contribution in [0.1, 0.15) is 5.01 Å². The second-order valence-electron chi connectivity index (χ2n) is 4.67. The Morgan fingerprint density at radius 1 is 1.47 bits per heavy atom. The summed E-state index contributed by atoms with van der Waals surface area (Å²) in [6.07, 6.45) is 1.85. The molecule has 1 aromatic rings. The molecule has 0 unspecified atom stereocenters. The third-order valence-corrected chi connectivity index (χ3v) is 4.23. The van der Waals surface area contributed by atoms with Crippen LogP contribution in [0.5, 0.6) is 0 Å². The maximum Gasteiger partial charge on any atom is 0.320 e. The fraction of sp³-hybridized carbons (Fsp3) is 0.636. The van der Waals surface area contributed by atoms with Crippen LogP contribution < -0.4 is 0 Å². The number of nitrogens with zero attached hydrogens (tertiary/aromatic N) is 4. The molecular weight excluding hydrogens is 236 g/mol. The summed E-state index contributed by atoms with van der Waals surface area (Å²) in [7, 11) is 1.88. The predicted octanol–water partition coefficient (Wildman–Crippen LogP) is 0.695. The Kier molecular flexibility index (Phi) is 2.76. The first-order valence-corrected chi connectivity index (χ1v) is 6.74. The normalized spacial score (nSPS) is 25.5. The minimum absolute atomic E-state index is 0.184. The van der Waals surface area contributed by atoms with E-state index in [0.29, 0.717) is 6.04 Å². The van der Waals surface area contributed by atoms with Crippen LogP contribution >= 0.6 is 11.3 Å². The first kappa shape index (κ1) is 11.0. The lowest BCUT2D eigenvalue weighted by Gasteiger charge is -2.35. The third kappa shape index (κ3) is 2.02. The van der Waals surface area contributed by atoms with Gasteiger partial charge in [0.2, 0.25) is 0 Å². The summed E-state index contributed by atoms with van der Waals surface area (Å²) in [6, 6.07) is 0.546. The monoisotopic (exact) mass is 252 g/mol. The number of carbonyl (C=O) groups excluding carboxylic acids is 1. The highest BCUT2D eigenvalue weighted by Crippen LogP contribution is 2.20. The number of aromatic nitrogens is 1. The molecule has 92 valence electrons. The molecule has 5 nitrogen and oxygen atoms in total. The number of rotatable bonds is 2. The van der Waals surface area contributed by atoms with E-state index in [1.54, 1.807) is 11.3 Å². The molecule has 0 saturated carbocycles. The standard InChI is InChI=1S/C11H16N4OS/c1-13-6-9-7-14(3-4-15(9)11(13)16)8-10-12-2-5-17-10/h2,5,9H,3-4,6-8H2,1H3/t9-/m0/s1. The van der Waals surface area contributed by atoms with E-state index < -0.39 is 0 Å². The molecule has 2 aliphatic heterocycles. The van der Waals surface area contributed by atoms with Gasteiger partial charge >= 0.3 is 6.03 Å². The fourth-order valence-corrected chi connectivity index (χ4v) is 3.26. The molecule has 17 heavy (non-hydrogen) atoms. The van der Waals surface area contributed by atoms with Crippen LogP contribution in [0, 0.1) is 0 Å². The van der Waals surface area contributed by atoms with E-state index in [2.05, 4.69) is 9.88 Å². The first-order chi connectivity index (χ1) is 8.24. The number of urea groups is 1. The van der Waals surface area contributed by atoms with Gasteiger partial charge in [-0.3, -0.25) is 4.90 Å². The van der Waals surface area contributed by atoms with Gasteiger partial charge in [-0.2, -0.15) is 0 Å².